The van der Waals surface area contributed by atoms with E-state index in [2.05, 4.69) is 4.74 Å². The molecule has 0 radical (unpaired) electrons. The first-order valence-electron chi connectivity index (χ1n) is 3.43. The van der Waals surface area contributed by atoms with Crippen LogP contribution in [0.2, 0.25) is 0 Å². The smallest absolute Gasteiger partial charge is 0.183 e. The molecule has 0 spiro atoms. The van der Waals surface area contributed by atoms with Crippen LogP contribution in [0.3, 0.4) is 0 Å². The van der Waals surface area contributed by atoms with E-state index in [9.17, 15) is 0 Å². The minimum Gasteiger partial charge on any atom is -0.396 e. The second-order valence-electron chi connectivity index (χ2n) is 2.65. The molecule has 5 heteroatoms. The summed E-state index contributed by atoms with van der Waals surface area (Å²) in [6.45, 7) is -0.194. The van der Waals surface area contributed by atoms with Crippen LogP contribution < -0.4 is 0 Å². The summed E-state index contributed by atoms with van der Waals surface area (Å²) in [6, 6.07) is 0. The Morgan fingerprint density at radius 1 is 1.18 bits per heavy atom. The van der Waals surface area contributed by atoms with Crippen LogP contribution in [0.4, 0.5) is 0 Å². The van der Waals surface area contributed by atoms with Crippen molar-refractivity contribution in [1.29, 1.82) is 0 Å². The average Bonchev–Trinajstić information content (AvgIpc) is 2.01. The monoisotopic (exact) mass is 164 g/mol. The predicted octanol–water partition coefficient (Wildman–Crippen LogP) is -2.33. The molecule has 0 aromatic heterocycles. The maximum absolute atomic E-state index is 9.16. The van der Waals surface area contributed by atoms with Crippen molar-refractivity contribution in [1.82, 2.24) is 0 Å². The molecule has 0 aromatic rings. The van der Waals surface area contributed by atoms with Crippen molar-refractivity contribution in [2.75, 3.05) is 13.2 Å². The Labute approximate surface area is 63.8 Å². The zero-order valence-corrected chi connectivity index (χ0v) is 5.92. The molecule has 66 valence electrons. The molecule has 0 aromatic carbocycles. The minimum absolute atomic E-state index is 0.0654. The molecular formula is C6H12O5. The number of hydrogen-bond donors (Lipinski definition) is 4. The van der Waals surface area contributed by atoms with E-state index in [-0.39, 0.29) is 13.2 Å². The third-order valence-electron chi connectivity index (χ3n) is 1.84. The quantitative estimate of drug-likeness (QED) is 0.349. The molecular weight excluding hydrogens is 152 g/mol. The highest BCUT2D eigenvalue weighted by Gasteiger charge is 2.36. The first kappa shape index (κ1) is 8.89. The van der Waals surface area contributed by atoms with Gasteiger partial charge in [0.1, 0.15) is 6.10 Å². The molecule has 1 saturated heterocycles. The van der Waals surface area contributed by atoms with Gasteiger partial charge in [-0.15, -0.1) is 0 Å². The molecule has 0 bridgehead atoms. The summed E-state index contributed by atoms with van der Waals surface area (Å²) in [5.74, 6) is -0.506. The van der Waals surface area contributed by atoms with E-state index in [1.807, 2.05) is 0 Å². The summed E-state index contributed by atoms with van der Waals surface area (Å²) in [6.07, 6.45) is -3.77. The number of aliphatic hydroxyl groups excluding tert-OH is 4. The Kier molecular flexibility index (Phi) is 2.80. The maximum atomic E-state index is 9.16. The highest BCUT2D eigenvalue weighted by atomic mass is 16.6. The van der Waals surface area contributed by atoms with Gasteiger partial charge in [-0.05, 0) is 0 Å². The van der Waals surface area contributed by atoms with Crippen molar-refractivity contribution in [2.24, 2.45) is 5.92 Å². The van der Waals surface area contributed by atoms with E-state index in [1.165, 1.54) is 0 Å². The molecule has 4 N–H and O–H groups in total. The van der Waals surface area contributed by atoms with Gasteiger partial charge in [0.15, 0.2) is 6.29 Å². The van der Waals surface area contributed by atoms with E-state index in [1.54, 1.807) is 0 Å². The summed E-state index contributed by atoms with van der Waals surface area (Å²) in [5, 5.41) is 35.6. The van der Waals surface area contributed by atoms with Gasteiger partial charge < -0.3 is 25.2 Å². The van der Waals surface area contributed by atoms with Gasteiger partial charge in [-0.25, -0.2) is 0 Å². The third-order valence-corrected chi connectivity index (χ3v) is 1.84. The van der Waals surface area contributed by atoms with Crippen molar-refractivity contribution >= 4 is 0 Å². The van der Waals surface area contributed by atoms with Crippen LogP contribution in [0, 0.1) is 5.92 Å². The molecule has 0 saturated carbocycles. The number of hydrogen-bond acceptors (Lipinski definition) is 5. The van der Waals surface area contributed by atoms with E-state index in [0.29, 0.717) is 0 Å². The van der Waals surface area contributed by atoms with Gasteiger partial charge in [0.2, 0.25) is 0 Å². The molecule has 0 aliphatic carbocycles. The van der Waals surface area contributed by atoms with Gasteiger partial charge in [-0.1, -0.05) is 0 Å². The highest BCUT2D eigenvalue weighted by Crippen LogP contribution is 2.18. The molecule has 0 unspecified atom stereocenters. The maximum Gasteiger partial charge on any atom is 0.183 e. The molecule has 1 fully saturated rings. The first-order chi connectivity index (χ1) is 5.16. The fourth-order valence-corrected chi connectivity index (χ4v) is 1.03. The van der Waals surface area contributed by atoms with Crippen molar-refractivity contribution in [2.45, 2.75) is 18.5 Å². The second-order valence-corrected chi connectivity index (χ2v) is 2.65. The molecule has 1 aliphatic heterocycles. The number of aliphatic hydroxyl groups is 4. The molecule has 1 aliphatic rings. The topological polar surface area (TPSA) is 90.2 Å². The lowest BCUT2D eigenvalue weighted by molar-refractivity contribution is -0.243. The normalized spacial score (nSPS) is 45.8. The van der Waals surface area contributed by atoms with Crippen molar-refractivity contribution in [3.8, 4) is 0 Å². The molecule has 0 amide bonds. The van der Waals surface area contributed by atoms with Crippen LogP contribution in [0.25, 0.3) is 0 Å². The lowest BCUT2D eigenvalue weighted by Gasteiger charge is -2.33. The first-order valence-corrected chi connectivity index (χ1v) is 3.43. The van der Waals surface area contributed by atoms with Gasteiger partial charge in [0.05, 0.1) is 19.3 Å². The summed E-state index contributed by atoms with van der Waals surface area (Å²) in [5.41, 5.74) is 0. The van der Waals surface area contributed by atoms with Gasteiger partial charge in [0, 0.05) is 5.92 Å². The lowest BCUT2D eigenvalue weighted by atomic mass is 9.97. The third kappa shape index (κ3) is 1.69. The Bertz CT molecular complexity index is 126. The van der Waals surface area contributed by atoms with Crippen LogP contribution >= 0.6 is 0 Å². The van der Waals surface area contributed by atoms with Crippen LogP contribution in [-0.4, -0.2) is 52.1 Å². The Hall–Kier alpha value is -0.200. The van der Waals surface area contributed by atoms with Crippen molar-refractivity contribution in [3.05, 3.63) is 0 Å². The fourth-order valence-electron chi connectivity index (χ4n) is 1.03. The Morgan fingerprint density at radius 3 is 2.36 bits per heavy atom. The van der Waals surface area contributed by atoms with Gasteiger partial charge in [-0.3, -0.25) is 0 Å². The van der Waals surface area contributed by atoms with Crippen LogP contribution in [0.15, 0.2) is 0 Å². The lowest BCUT2D eigenvalue weighted by Crippen LogP contribution is -2.50. The van der Waals surface area contributed by atoms with Gasteiger partial charge in [0.25, 0.3) is 0 Å². The highest BCUT2D eigenvalue weighted by molar-refractivity contribution is 4.81. The van der Waals surface area contributed by atoms with Crippen LogP contribution in [-0.2, 0) is 4.74 Å². The van der Waals surface area contributed by atoms with E-state index in [0.717, 1.165) is 0 Å². The SMILES string of the molecule is OC[C@@H]1CO[C@H](O)[C@@H](O)[C@@H]1O. The molecule has 5 nitrogen and oxygen atoms in total. The van der Waals surface area contributed by atoms with E-state index >= 15 is 0 Å². The zero-order chi connectivity index (χ0) is 8.43. The Morgan fingerprint density at radius 2 is 1.82 bits per heavy atom. The van der Waals surface area contributed by atoms with Crippen LogP contribution in [0.1, 0.15) is 0 Å². The molecule has 1 heterocycles. The predicted molar refractivity (Wildman–Crippen MR) is 34.5 cm³/mol. The summed E-state index contributed by atoms with van der Waals surface area (Å²) in [7, 11) is 0. The fraction of sp³-hybridized carbons (Fsp3) is 1.00. The van der Waals surface area contributed by atoms with Crippen molar-refractivity contribution < 1.29 is 25.2 Å². The van der Waals surface area contributed by atoms with Crippen LogP contribution in [0.5, 0.6) is 0 Å². The standard InChI is InChI=1S/C6H12O5/c7-1-3-2-11-6(10)5(9)4(3)8/h3-10H,1-2H2/t3-,4-,5+,6+/m1/s1. The van der Waals surface area contributed by atoms with Gasteiger partial charge in [-0.2, -0.15) is 0 Å². The summed E-state index contributed by atoms with van der Waals surface area (Å²) >= 11 is 0. The minimum atomic E-state index is -1.34. The summed E-state index contributed by atoms with van der Waals surface area (Å²) in [4.78, 5) is 0. The van der Waals surface area contributed by atoms with Gasteiger partial charge >= 0.3 is 0 Å². The summed E-state index contributed by atoms with van der Waals surface area (Å²) < 4.78 is 4.65. The van der Waals surface area contributed by atoms with E-state index < -0.39 is 24.4 Å². The van der Waals surface area contributed by atoms with E-state index in [4.69, 9.17) is 20.4 Å². The molecule has 4 atom stereocenters. The van der Waals surface area contributed by atoms with Crippen molar-refractivity contribution in [3.63, 3.8) is 0 Å². The molecule has 1 rings (SSSR count). The zero-order valence-electron chi connectivity index (χ0n) is 5.92. The largest absolute Gasteiger partial charge is 0.396 e. The number of ether oxygens (including phenoxy) is 1. The number of rotatable bonds is 1. The Balaban J connectivity index is 2.52. The molecule has 11 heavy (non-hydrogen) atoms. The second kappa shape index (κ2) is 3.46. The average molecular weight is 164 g/mol.